The number of aromatic nitrogens is 1. The fourth-order valence-corrected chi connectivity index (χ4v) is 3.02. The molecule has 0 bridgehead atoms. The van der Waals surface area contributed by atoms with E-state index in [9.17, 15) is 9.59 Å². The average Bonchev–Trinajstić information content (AvgIpc) is 2.97. The van der Waals surface area contributed by atoms with Crippen LogP contribution in [0.1, 0.15) is 24.8 Å². The van der Waals surface area contributed by atoms with Crippen LogP contribution in [0.5, 0.6) is 5.75 Å². The van der Waals surface area contributed by atoms with E-state index in [1.165, 1.54) is 0 Å². The second-order valence-electron chi connectivity index (χ2n) is 5.66. The first-order valence-electron chi connectivity index (χ1n) is 7.77. The minimum atomic E-state index is -0.112. The van der Waals surface area contributed by atoms with Gasteiger partial charge in [-0.25, -0.2) is 0 Å². The van der Waals surface area contributed by atoms with Gasteiger partial charge in [-0.05, 0) is 36.8 Å². The molecule has 5 heteroatoms. The summed E-state index contributed by atoms with van der Waals surface area (Å²) in [5.41, 5.74) is 1.45. The zero-order chi connectivity index (χ0) is 16.4. The molecular weight excluding hydrogens is 292 g/mol. The number of pyridine rings is 1. The molecule has 3 rings (SSSR count). The number of ether oxygens (including phenoxy) is 1. The van der Waals surface area contributed by atoms with Crippen molar-refractivity contribution in [2.75, 3.05) is 18.6 Å². The molecule has 0 unspecified atom stereocenters. The van der Waals surface area contributed by atoms with Crippen molar-refractivity contribution in [1.29, 1.82) is 0 Å². The number of amides is 1. The highest BCUT2D eigenvalue weighted by Gasteiger charge is 2.33. The second-order valence-corrected chi connectivity index (χ2v) is 5.66. The molecule has 1 aliphatic rings. The van der Waals surface area contributed by atoms with Crippen molar-refractivity contribution in [1.82, 2.24) is 4.57 Å². The molecule has 5 nitrogen and oxygen atoms in total. The van der Waals surface area contributed by atoms with Crippen LogP contribution in [0.4, 0.5) is 5.69 Å². The maximum Gasteiger partial charge on any atom is 0.274 e. The van der Waals surface area contributed by atoms with E-state index in [0.29, 0.717) is 25.2 Å². The van der Waals surface area contributed by atoms with Gasteiger partial charge in [0, 0.05) is 31.6 Å². The van der Waals surface area contributed by atoms with Crippen LogP contribution in [0.25, 0.3) is 0 Å². The zero-order valence-electron chi connectivity index (χ0n) is 13.4. The molecule has 1 aliphatic heterocycles. The van der Waals surface area contributed by atoms with Crippen molar-refractivity contribution < 1.29 is 9.53 Å². The molecule has 0 radical (unpaired) electrons. The predicted octanol–water partition coefficient (Wildman–Crippen LogP) is 2.40. The number of carbonyl (C=O) groups is 1. The van der Waals surface area contributed by atoms with Crippen molar-refractivity contribution in [2.24, 2.45) is 0 Å². The van der Waals surface area contributed by atoms with Gasteiger partial charge in [0.15, 0.2) is 0 Å². The number of anilines is 1. The van der Waals surface area contributed by atoms with Gasteiger partial charge in [0.25, 0.3) is 5.56 Å². The number of benzene rings is 1. The molecule has 1 fully saturated rings. The van der Waals surface area contributed by atoms with Crippen molar-refractivity contribution in [3.05, 3.63) is 58.5 Å². The lowest BCUT2D eigenvalue weighted by molar-refractivity contribution is -0.117. The topological polar surface area (TPSA) is 51.5 Å². The second kappa shape index (κ2) is 6.28. The van der Waals surface area contributed by atoms with Gasteiger partial charge in [-0.3, -0.25) is 9.59 Å². The Kier molecular flexibility index (Phi) is 4.19. The van der Waals surface area contributed by atoms with Crippen LogP contribution < -0.4 is 15.2 Å². The van der Waals surface area contributed by atoms with Gasteiger partial charge in [-0.1, -0.05) is 12.1 Å². The zero-order valence-corrected chi connectivity index (χ0v) is 13.4. The van der Waals surface area contributed by atoms with E-state index in [0.717, 1.165) is 11.3 Å². The maximum atomic E-state index is 12.4. The van der Waals surface area contributed by atoms with E-state index in [2.05, 4.69) is 0 Å². The third-order valence-corrected chi connectivity index (χ3v) is 4.34. The first-order chi connectivity index (χ1) is 11.1. The average molecular weight is 312 g/mol. The Morgan fingerprint density at radius 2 is 1.91 bits per heavy atom. The Morgan fingerprint density at radius 1 is 1.17 bits per heavy atom. The van der Waals surface area contributed by atoms with E-state index < -0.39 is 0 Å². The minimum Gasteiger partial charge on any atom is -0.497 e. The number of carbonyl (C=O) groups excluding carboxylic acids is 1. The standard InChI is InChI=1S/C18H20N2O3/c1-3-19-10-4-5-16(18(19)22)20-12-14(11-17(20)21)13-6-8-15(23-2)9-7-13/h4-10,14H,3,11-12H2,1-2H3/t14-/m0/s1. The van der Waals surface area contributed by atoms with Crippen molar-refractivity contribution >= 4 is 11.6 Å². The highest BCUT2D eigenvalue weighted by Crippen LogP contribution is 2.31. The lowest BCUT2D eigenvalue weighted by Gasteiger charge is -2.17. The summed E-state index contributed by atoms with van der Waals surface area (Å²) >= 11 is 0. The first kappa shape index (κ1) is 15.3. The summed E-state index contributed by atoms with van der Waals surface area (Å²) in [4.78, 5) is 26.4. The number of hydrogen-bond donors (Lipinski definition) is 0. The molecule has 0 aliphatic carbocycles. The fraction of sp³-hybridized carbons (Fsp3) is 0.333. The molecule has 2 heterocycles. The third-order valence-electron chi connectivity index (χ3n) is 4.34. The minimum absolute atomic E-state index is 0.00299. The van der Waals surface area contributed by atoms with Crippen LogP contribution in [-0.4, -0.2) is 24.1 Å². The third kappa shape index (κ3) is 2.86. The van der Waals surface area contributed by atoms with Crippen LogP contribution in [0.15, 0.2) is 47.4 Å². The smallest absolute Gasteiger partial charge is 0.274 e. The van der Waals surface area contributed by atoms with Gasteiger partial charge >= 0.3 is 0 Å². The molecule has 120 valence electrons. The van der Waals surface area contributed by atoms with Gasteiger partial charge in [-0.15, -0.1) is 0 Å². The van der Waals surface area contributed by atoms with Gasteiger partial charge in [-0.2, -0.15) is 0 Å². The molecule has 0 saturated carbocycles. The molecule has 1 atom stereocenters. The van der Waals surface area contributed by atoms with E-state index in [4.69, 9.17) is 4.74 Å². The Morgan fingerprint density at radius 3 is 2.57 bits per heavy atom. The van der Waals surface area contributed by atoms with Gasteiger partial charge < -0.3 is 14.2 Å². The number of methoxy groups -OCH3 is 1. The van der Waals surface area contributed by atoms with E-state index in [-0.39, 0.29) is 17.4 Å². The Bertz CT molecular complexity index is 765. The molecule has 1 amide bonds. The number of rotatable bonds is 4. The molecule has 1 aromatic heterocycles. The van der Waals surface area contributed by atoms with E-state index in [1.807, 2.05) is 37.3 Å². The Hall–Kier alpha value is -2.56. The molecular formula is C18H20N2O3. The Balaban J connectivity index is 1.86. The predicted molar refractivity (Wildman–Crippen MR) is 89.1 cm³/mol. The highest BCUT2D eigenvalue weighted by molar-refractivity contribution is 5.96. The van der Waals surface area contributed by atoms with Crippen LogP contribution in [0.2, 0.25) is 0 Å². The van der Waals surface area contributed by atoms with Crippen LogP contribution in [0, 0.1) is 0 Å². The number of hydrogen-bond acceptors (Lipinski definition) is 3. The lowest BCUT2D eigenvalue weighted by atomic mass is 9.98. The summed E-state index contributed by atoms with van der Waals surface area (Å²) in [6.45, 7) is 3.04. The normalized spacial score (nSPS) is 17.6. The molecule has 0 N–H and O–H groups in total. The molecule has 0 spiro atoms. The van der Waals surface area contributed by atoms with Gasteiger partial charge in [0.05, 0.1) is 7.11 Å². The quantitative estimate of drug-likeness (QED) is 0.871. The summed E-state index contributed by atoms with van der Waals surface area (Å²) in [5, 5.41) is 0. The summed E-state index contributed by atoms with van der Waals surface area (Å²) in [6.07, 6.45) is 2.17. The van der Waals surface area contributed by atoms with Crippen molar-refractivity contribution in [3.8, 4) is 5.75 Å². The first-order valence-corrected chi connectivity index (χ1v) is 7.77. The summed E-state index contributed by atoms with van der Waals surface area (Å²) in [5.74, 6) is 0.892. The van der Waals surface area contributed by atoms with Crippen LogP contribution >= 0.6 is 0 Å². The van der Waals surface area contributed by atoms with Crippen molar-refractivity contribution in [3.63, 3.8) is 0 Å². The number of nitrogens with zero attached hydrogens (tertiary/aromatic N) is 2. The molecule has 1 aromatic carbocycles. The fourth-order valence-electron chi connectivity index (χ4n) is 3.02. The van der Waals surface area contributed by atoms with Gasteiger partial charge in [0.1, 0.15) is 11.4 Å². The molecule has 23 heavy (non-hydrogen) atoms. The SMILES string of the molecule is CCn1cccc(N2C[C@@H](c3ccc(OC)cc3)CC2=O)c1=O. The molecule has 1 saturated heterocycles. The van der Waals surface area contributed by atoms with Crippen LogP contribution in [0.3, 0.4) is 0 Å². The summed E-state index contributed by atoms with van der Waals surface area (Å²) in [7, 11) is 1.63. The largest absolute Gasteiger partial charge is 0.497 e. The van der Waals surface area contributed by atoms with Gasteiger partial charge in [0.2, 0.25) is 5.91 Å². The molecule has 2 aromatic rings. The Labute approximate surface area is 135 Å². The maximum absolute atomic E-state index is 12.4. The van der Waals surface area contributed by atoms with E-state index >= 15 is 0 Å². The number of aryl methyl sites for hydroxylation is 1. The summed E-state index contributed by atoms with van der Waals surface area (Å²) < 4.78 is 6.78. The lowest BCUT2D eigenvalue weighted by Crippen LogP contribution is -2.32. The van der Waals surface area contributed by atoms with Crippen molar-refractivity contribution in [2.45, 2.75) is 25.8 Å². The highest BCUT2D eigenvalue weighted by atomic mass is 16.5. The van der Waals surface area contributed by atoms with E-state index in [1.54, 1.807) is 28.8 Å². The monoisotopic (exact) mass is 312 g/mol. The summed E-state index contributed by atoms with van der Waals surface area (Å²) in [6, 6.07) is 11.3. The van der Waals surface area contributed by atoms with Crippen LogP contribution in [-0.2, 0) is 11.3 Å².